The fourth-order valence-electron chi connectivity index (χ4n) is 2.45. The highest BCUT2D eigenvalue weighted by Crippen LogP contribution is 2.23. The molecule has 1 aromatic carbocycles. The zero-order valence-electron chi connectivity index (χ0n) is 12.5. The van der Waals surface area contributed by atoms with Gasteiger partial charge in [-0.3, -0.25) is 4.90 Å². The SMILES string of the molecule is CC(C)NCc1cccc(F)c1OCCN1CCCC1. The number of ether oxygens (including phenoxy) is 1. The molecule has 1 N–H and O–H groups in total. The molecule has 1 saturated heterocycles. The summed E-state index contributed by atoms with van der Waals surface area (Å²) in [6, 6.07) is 5.49. The van der Waals surface area contributed by atoms with Crippen molar-refractivity contribution in [2.75, 3.05) is 26.2 Å². The summed E-state index contributed by atoms with van der Waals surface area (Å²) >= 11 is 0. The molecule has 0 unspecified atom stereocenters. The van der Waals surface area contributed by atoms with Crippen molar-refractivity contribution in [3.05, 3.63) is 29.6 Å². The molecule has 3 nitrogen and oxygen atoms in total. The quantitative estimate of drug-likeness (QED) is 0.831. The second-order valence-electron chi connectivity index (χ2n) is 5.66. The van der Waals surface area contributed by atoms with Crippen molar-refractivity contribution >= 4 is 0 Å². The Hall–Kier alpha value is -1.13. The Morgan fingerprint density at radius 1 is 1.30 bits per heavy atom. The molecule has 0 spiro atoms. The molecule has 112 valence electrons. The van der Waals surface area contributed by atoms with Crippen LogP contribution in [0.4, 0.5) is 4.39 Å². The highest BCUT2D eigenvalue weighted by Gasteiger charge is 2.13. The predicted octanol–water partition coefficient (Wildman–Crippen LogP) is 2.80. The van der Waals surface area contributed by atoms with Gasteiger partial charge in [0.15, 0.2) is 11.6 Å². The Morgan fingerprint density at radius 2 is 2.05 bits per heavy atom. The van der Waals surface area contributed by atoms with Crippen LogP contribution in [0.15, 0.2) is 18.2 Å². The Labute approximate surface area is 121 Å². The third kappa shape index (κ3) is 4.46. The molecular weight excluding hydrogens is 255 g/mol. The zero-order chi connectivity index (χ0) is 14.4. The summed E-state index contributed by atoms with van der Waals surface area (Å²) in [6.45, 7) is 8.50. The molecule has 1 aliphatic rings. The molecule has 4 heteroatoms. The van der Waals surface area contributed by atoms with Crippen molar-refractivity contribution in [1.29, 1.82) is 0 Å². The van der Waals surface area contributed by atoms with Gasteiger partial charge < -0.3 is 10.1 Å². The number of nitrogens with one attached hydrogen (secondary N) is 1. The molecule has 2 rings (SSSR count). The lowest BCUT2D eigenvalue weighted by atomic mass is 10.2. The number of para-hydroxylation sites is 1. The molecule has 0 saturated carbocycles. The molecule has 0 atom stereocenters. The van der Waals surface area contributed by atoms with E-state index in [-0.39, 0.29) is 5.82 Å². The van der Waals surface area contributed by atoms with Crippen LogP contribution in [0.2, 0.25) is 0 Å². The van der Waals surface area contributed by atoms with E-state index in [2.05, 4.69) is 24.1 Å². The minimum atomic E-state index is -0.269. The number of rotatable bonds is 7. The largest absolute Gasteiger partial charge is 0.489 e. The van der Waals surface area contributed by atoms with E-state index in [1.807, 2.05) is 6.07 Å². The third-order valence-corrected chi connectivity index (χ3v) is 3.60. The topological polar surface area (TPSA) is 24.5 Å². The zero-order valence-corrected chi connectivity index (χ0v) is 12.5. The first-order valence-corrected chi connectivity index (χ1v) is 7.52. The van der Waals surface area contributed by atoms with Gasteiger partial charge >= 0.3 is 0 Å². The first-order chi connectivity index (χ1) is 9.66. The first-order valence-electron chi connectivity index (χ1n) is 7.52. The van der Waals surface area contributed by atoms with Gasteiger partial charge in [0, 0.05) is 24.7 Å². The number of likely N-dealkylation sites (tertiary alicyclic amines) is 1. The third-order valence-electron chi connectivity index (χ3n) is 3.60. The fraction of sp³-hybridized carbons (Fsp3) is 0.625. The van der Waals surface area contributed by atoms with Crippen LogP contribution >= 0.6 is 0 Å². The van der Waals surface area contributed by atoms with Gasteiger partial charge in [-0.2, -0.15) is 0 Å². The lowest BCUT2D eigenvalue weighted by Crippen LogP contribution is -2.26. The van der Waals surface area contributed by atoms with Crippen LogP contribution in [0, 0.1) is 5.82 Å². The monoisotopic (exact) mass is 280 g/mol. The molecule has 0 amide bonds. The Bertz CT molecular complexity index is 417. The van der Waals surface area contributed by atoms with Crippen LogP contribution in [-0.4, -0.2) is 37.2 Å². The number of hydrogen-bond acceptors (Lipinski definition) is 3. The Balaban J connectivity index is 1.90. The number of nitrogens with zero attached hydrogens (tertiary/aromatic N) is 1. The van der Waals surface area contributed by atoms with E-state index in [0.717, 1.165) is 25.2 Å². The van der Waals surface area contributed by atoms with Crippen LogP contribution in [0.5, 0.6) is 5.75 Å². The van der Waals surface area contributed by atoms with Gasteiger partial charge in [0.1, 0.15) is 6.61 Å². The van der Waals surface area contributed by atoms with E-state index in [0.29, 0.717) is 24.9 Å². The standard InChI is InChI=1S/C16H25FN2O/c1-13(2)18-12-14-6-5-7-15(17)16(14)20-11-10-19-8-3-4-9-19/h5-7,13,18H,3-4,8-12H2,1-2H3. The van der Waals surface area contributed by atoms with E-state index in [4.69, 9.17) is 4.74 Å². The molecule has 0 bridgehead atoms. The van der Waals surface area contributed by atoms with Gasteiger partial charge in [-0.15, -0.1) is 0 Å². The summed E-state index contributed by atoms with van der Waals surface area (Å²) in [5.74, 6) is 0.134. The van der Waals surface area contributed by atoms with Crippen LogP contribution in [-0.2, 0) is 6.54 Å². The number of benzene rings is 1. The minimum absolute atomic E-state index is 0.269. The molecule has 1 fully saturated rings. The van der Waals surface area contributed by atoms with Gasteiger partial charge in [0.25, 0.3) is 0 Å². The normalized spacial score (nSPS) is 16.0. The minimum Gasteiger partial charge on any atom is -0.489 e. The summed E-state index contributed by atoms with van der Waals surface area (Å²) in [5, 5.41) is 3.30. The van der Waals surface area contributed by atoms with Crippen molar-refractivity contribution in [3.8, 4) is 5.75 Å². The van der Waals surface area contributed by atoms with E-state index in [1.54, 1.807) is 6.07 Å². The molecule has 0 aliphatic carbocycles. The first kappa shape index (κ1) is 15.3. The van der Waals surface area contributed by atoms with Crippen molar-refractivity contribution < 1.29 is 9.13 Å². The van der Waals surface area contributed by atoms with Crippen LogP contribution in [0.25, 0.3) is 0 Å². The maximum absolute atomic E-state index is 13.9. The van der Waals surface area contributed by atoms with Gasteiger partial charge in [0.05, 0.1) is 0 Å². The lowest BCUT2D eigenvalue weighted by Gasteiger charge is -2.17. The smallest absolute Gasteiger partial charge is 0.165 e. The maximum Gasteiger partial charge on any atom is 0.165 e. The highest BCUT2D eigenvalue weighted by atomic mass is 19.1. The number of halogens is 1. The molecule has 0 radical (unpaired) electrons. The van der Waals surface area contributed by atoms with E-state index in [9.17, 15) is 4.39 Å². The average Bonchev–Trinajstić information content (AvgIpc) is 2.92. The second kappa shape index (κ2) is 7.60. The van der Waals surface area contributed by atoms with Crippen LogP contribution in [0.3, 0.4) is 0 Å². The van der Waals surface area contributed by atoms with Crippen molar-refractivity contribution in [2.24, 2.45) is 0 Å². The van der Waals surface area contributed by atoms with Crippen LogP contribution in [0.1, 0.15) is 32.3 Å². The predicted molar refractivity (Wildman–Crippen MR) is 79.5 cm³/mol. The van der Waals surface area contributed by atoms with Gasteiger partial charge in [-0.1, -0.05) is 26.0 Å². The van der Waals surface area contributed by atoms with Crippen LogP contribution < -0.4 is 10.1 Å². The number of hydrogen-bond donors (Lipinski definition) is 1. The van der Waals surface area contributed by atoms with Gasteiger partial charge in [-0.05, 0) is 32.0 Å². The summed E-state index contributed by atoms with van der Waals surface area (Å²) in [6.07, 6.45) is 2.53. The fourth-order valence-corrected chi connectivity index (χ4v) is 2.45. The lowest BCUT2D eigenvalue weighted by molar-refractivity contribution is 0.229. The Kier molecular flexibility index (Phi) is 5.80. The molecule has 1 heterocycles. The summed E-state index contributed by atoms with van der Waals surface area (Å²) in [5.41, 5.74) is 0.889. The molecule has 1 aromatic rings. The Morgan fingerprint density at radius 3 is 2.75 bits per heavy atom. The van der Waals surface area contributed by atoms with Crippen molar-refractivity contribution in [1.82, 2.24) is 10.2 Å². The molecular formula is C16H25FN2O. The van der Waals surface area contributed by atoms with Crippen molar-refractivity contribution in [3.63, 3.8) is 0 Å². The average molecular weight is 280 g/mol. The summed E-state index contributed by atoms with van der Waals surface area (Å²) in [4.78, 5) is 2.37. The summed E-state index contributed by atoms with van der Waals surface area (Å²) < 4.78 is 19.6. The van der Waals surface area contributed by atoms with E-state index < -0.39 is 0 Å². The highest BCUT2D eigenvalue weighted by molar-refractivity contribution is 5.35. The van der Waals surface area contributed by atoms with Gasteiger partial charge in [-0.25, -0.2) is 4.39 Å². The maximum atomic E-state index is 13.9. The molecule has 0 aromatic heterocycles. The van der Waals surface area contributed by atoms with Crippen molar-refractivity contribution in [2.45, 2.75) is 39.3 Å². The van der Waals surface area contributed by atoms with Gasteiger partial charge in [0.2, 0.25) is 0 Å². The van der Waals surface area contributed by atoms with E-state index in [1.165, 1.54) is 18.9 Å². The molecule has 20 heavy (non-hydrogen) atoms. The second-order valence-corrected chi connectivity index (χ2v) is 5.66. The molecule has 1 aliphatic heterocycles. The summed E-state index contributed by atoms with van der Waals surface area (Å²) in [7, 11) is 0. The van der Waals surface area contributed by atoms with E-state index >= 15 is 0 Å².